The number of nitrogens with one attached hydrogen (secondary N) is 1. The molecule has 0 amide bonds. The van der Waals surface area contributed by atoms with Crippen LogP contribution in [0.2, 0.25) is 0 Å². The normalized spacial score (nSPS) is 22.0. The first kappa shape index (κ1) is 14.0. The lowest BCUT2D eigenvalue weighted by atomic mass is 10.1. The van der Waals surface area contributed by atoms with Crippen molar-refractivity contribution in [3.05, 3.63) is 28.7 Å². The summed E-state index contributed by atoms with van der Waals surface area (Å²) in [6, 6.07) is 6.38. The molecule has 2 atom stereocenters. The Bertz CT molecular complexity index is 495. The third-order valence-electron chi connectivity index (χ3n) is 2.99. The Morgan fingerprint density at radius 3 is 2.61 bits per heavy atom. The quantitative estimate of drug-likeness (QED) is 0.919. The lowest BCUT2D eigenvalue weighted by Gasteiger charge is -2.19. The number of hydrogen-bond donors (Lipinski definition) is 1. The second kappa shape index (κ2) is 5.69. The van der Waals surface area contributed by atoms with Crippen molar-refractivity contribution in [1.29, 1.82) is 0 Å². The standard InChI is InChI=1S/C12H16BrNO3S/c1-9(12-3-2-8-17-12)14-18(15,16)11-6-4-10(13)5-7-11/h4-7,9,12,14H,2-3,8H2,1H3/t9-,12+/m1/s1. The third kappa shape index (κ3) is 3.32. The summed E-state index contributed by atoms with van der Waals surface area (Å²) in [5.74, 6) is 0. The summed E-state index contributed by atoms with van der Waals surface area (Å²) in [6.07, 6.45) is 1.88. The van der Waals surface area contributed by atoms with E-state index in [2.05, 4.69) is 20.7 Å². The van der Waals surface area contributed by atoms with Crippen LogP contribution in [0.5, 0.6) is 0 Å². The van der Waals surface area contributed by atoms with Gasteiger partial charge in [0, 0.05) is 17.1 Å². The SMILES string of the molecule is C[C@@H](NS(=O)(=O)c1ccc(Br)cc1)[C@@H]1CCCO1. The monoisotopic (exact) mass is 333 g/mol. The van der Waals surface area contributed by atoms with Crippen LogP contribution in [0.15, 0.2) is 33.6 Å². The van der Waals surface area contributed by atoms with Gasteiger partial charge in [0.05, 0.1) is 11.0 Å². The highest BCUT2D eigenvalue weighted by Gasteiger charge is 2.26. The molecule has 1 heterocycles. The fourth-order valence-electron chi connectivity index (χ4n) is 2.00. The molecule has 100 valence electrons. The molecular formula is C12H16BrNO3S. The molecule has 1 aliphatic rings. The van der Waals surface area contributed by atoms with Gasteiger partial charge in [-0.2, -0.15) is 0 Å². The topological polar surface area (TPSA) is 55.4 Å². The first-order valence-electron chi connectivity index (χ1n) is 5.88. The maximum atomic E-state index is 12.1. The van der Waals surface area contributed by atoms with Crippen LogP contribution in [0, 0.1) is 0 Å². The number of hydrogen-bond acceptors (Lipinski definition) is 3. The number of sulfonamides is 1. The van der Waals surface area contributed by atoms with Gasteiger partial charge in [-0.3, -0.25) is 0 Å². The van der Waals surface area contributed by atoms with Gasteiger partial charge in [0.1, 0.15) is 0 Å². The Hall–Kier alpha value is -0.430. The van der Waals surface area contributed by atoms with Gasteiger partial charge in [-0.25, -0.2) is 13.1 Å². The van der Waals surface area contributed by atoms with Crippen LogP contribution >= 0.6 is 15.9 Å². The predicted octanol–water partition coefficient (Wildman–Crippen LogP) is 2.29. The van der Waals surface area contributed by atoms with Crippen LogP contribution in [0.3, 0.4) is 0 Å². The largest absolute Gasteiger partial charge is 0.377 e. The predicted molar refractivity (Wildman–Crippen MR) is 72.9 cm³/mol. The lowest BCUT2D eigenvalue weighted by Crippen LogP contribution is -2.40. The van der Waals surface area contributed by atoms with Gasteiger partial charge in [-0.15, -0.1) is 0 Å². The summed E-state index contributed by atoms with van der Waals surface area (Å²) >= 11 is 3.28. The molecule has 0 radical (unpaired) electrons. The van der Waals surface area contributed by atoms with Gasteiger partial charge in [0.2, 0.25) is 10.0 Å². The van der Waals surface area contributed by atoms with Crippen molar-refractivity contribution in [1.82, 2.24) is 4.72 Å². The average molecular weight is 334 g/mol. The molecule has 0 unspecified atom stereocenters. The van der Waals surface area contributed by atoms with E-state index in [0.717, 1.165) is 23.9 Å². The zero-order valence-corrected chi connectivity index (χ0v) is 12.5. The number of rotatable bonds is 4. The van der Waals surface area contributed by atoms with Crippen molar-refractivity contribution in [3.63, 3.8) is 0 Å². The summed E-state index contributed by atoms with van der Waals surface area (Å²) < 4.78 is 33.3. The Morgan fingerprint density at radius 1 is 1.39 bits per heavy atom. The fraction of sp³-hybridized carbons (Fsp3) is 0.500. The van der Waals surface area contributed by atoms with Crippen molar-refractivity contribution in [2.24, 2.45) is 0 Å². The zero-order valence-electron chi connectivity index (χ0n) is 10.1. The van der Waals surface area contributed by atoms with Crippen LogP contribution in [-0.2, 0) is 14.8 Å². The molecule has 1 aromatic carbocycles. The maximum Gasteiger partial charge on any atom is 0.240 e. The van der Waals surface area contributed by atoms with E-state index in [9.17, 15) is 8.42 Å². The van der Waals surface area contributed by atoms with E-state index >= 15 is 0 Å². The number of ether oxygens (including phenoxy) is 1. The van der Waals surface area contributed by atoms with Gasteiger partial charge in [0.25, 0.3) is 0 Å². The van der Waals surface area contributed by atoms with Crippen molar-refractivity contribution in [2.75, 3.05) is 6.61 Å². The molecule has 1 aromatic rings. The second-order valence-electron chi connectivity index (χ2n) is 4.42. The van der Waals surface area contributed by atoms with E-state index in [-0.39, 0.29) is 17.0 Å². The van der Waals surface area contributed by atoms with E-state index in [1.165, 1.54) is 0 Å². The molecule has 1 N–H and O–H groups in total. The summed E-state index contributed by atoms with van der Waals surface area (Å²) in [6.45, 7) is 2.56. The van der Waals surface area contributed by atoms with E-state index in [4.69, 9.17) is 4.74 Å². The Morgan fingerprint density at radius 2 is 2.06 bits per heavy atom. The molecule has 18 heavy (non-hydrogen) atoms. The van der Waals surface area contributed by atoms with Crippen LogP contribution in [0.25, 0.3) is 0 Å². The molecule has 2 rings (SSSR count). The highest BCUT2D eigenvalue weighted by atomic mass is 79.9. The molecule has 6 heteroatoms. The van der Waals surface area contributed by atoms with E-state index in [1.807, 2.05) is 6.92 Å². The Labute approximate surface area is 116 Å². The fourth-order valence-corrected chi connectivity index (χ4v) is 3.54. The zero-order chi connectivity index (χ0) is 13.2. The molecular weight excluding hydrogens is 318 g/mol. The van der Waals surface area contributed by atoms with E-state index < -0.39 is 10.0 Å². The minimum absolute atomic E-state index is 0.0183. The van der Waals surface area contributed by atoms with Crippen molar-refractivity contribution in [3.8, 4) is 0 Å². The second-order valence-corrected chi connectivity index (χ2v) is 7.05. The van der Waals surface area contributed by atoms with E-state index in [1.54, 1.807) is 24.3 Å². The van der Waals surface area contributed by atoms with Crippen molar-refractivity contribution >= 4 is 26.0 Å². The maximum absolute atomic E-state index is 12.1. The van der Waals surface area contributed by atoms with Gasteiger partial charge >= 0.3 is 0 Å². The van der Waals surface area contributed by atoms with Crippen molar-refractivity contribution < 1.29 is 13.2 Å². The summed E-state index contributed by atoms with van der Waals surface area (Å²) in [5, 5.41) is 0. The molecule has 0 saturated carbocycles. The summed E-state index contributed by atoms with van der Waals surface area (Å²) in [4.78, 5) is 0.274. The summed E-state index contributed by atoms with van der Waals surface area (Å²) in [5.41, 5.74) is 0. The first-order chi connectivity index (χ1) is 8.49. The molecule has 1 saturated heterocycles. The number of benzene rings is 1. The van der Waals surface area contributed by atoms with Gasteiger partial charge in [0.15, 0.2) is 0 Å². The minimum atomic E-state index is -3.46. The smallest absolute Gasteiger partial charge is 0.240 e. The Balaban J connectivity index is 2.09. The molecule has 0 spiro atoms. The third-order valence-corrected chi connectivity index (χ3v) is 5.09. The van der Waals surface area contributed by atoms with E-state index in [0.29, 0.717) is 0 Å². The Kier molecular flexibility index (Phi) is 4.42. The first-order valence-corrected chi connectivity index (χ1v) is 8.16. The van der Waals surface area contributed by atoms with Crippen LogP contribution in [-0.4, -0.2) is 27.2 Å². The van der Waals surface area contributed by atoms with Crippen LogP contribution in [0.4, 0.5) is 0 Å². The molecule has 0 bridgehead atoms. The lowest BCUT2D eigenvalue weighted by molar-refractivity contribution is 0.0902. The molecule has 4 nitrogen and oxygen atoms in total. The highest BCUT2D eigenvalue weighted by Crippen LogP contribution is 2.19. The van der Waals surface area contributed by atoms with Crippen LogP contribution < -0.4 is 4.72 Å². The summed E-state index contributed by atoms with van der Waals surface area (Å²) in [7, 11) is -3.46. The molecule has 1 aliphatic heterocycles. The van der Waals surface area contributed by atoms with Gasteiger partial charge in [-0.05, 0) is 44.0 Å². The number of halogens is 1. The molecule has 0 aromatic heterocycles. The van der Waals surface area contributed by atoms with Crippen LogP contribution in [0.1, 0.15) is 19.8 Å². The average Bonchev–Trinajstić information content (AvgIpc) is 2.82. The molecule has 0 aliphatic carbocycles. The highest BCUT2D eigenvalue weighted by molar-refractivity contribution is 9.10. The molecule has 1 fully saturated rings. The minimum Gasteiger partial charge on any atom is -0.377 e. The van der Waals surface area contributed by atoms with Gasteiger partial charge in [-0.1, -0.05) is 15.9 Å². The van der Waals surface area contributed by atoms with Gasteiger partial charge < -0.3 is 4.74 Å². The van der Waals surface area contributed by atoms with Crippen molar-refractivity contribution in [2.45, 2.75) is 36.8 Å².